The van der Waals surface area contributed by atoms with Gasteiger partial charge in [0.15, 0.2) is 0 Å². The summed E-state index contributed by atoms with van der Waals surface area (Å²) in [6, 6.07) is 7.18. The maximum atomic E-state index is 9.99. The number of benzene rings is 1. The predicted molar refractivity (Wildman–Crippen MR) is 79.4 cm³/mol. The van der Waals surface area contributed by atoms with Crippen LogP contribution in [0.25, 0.3) is 0 Å². The smallest absolute Gasteiger partial charge is 0.122 e. The summed E-state index contributed by atoms with van der Waals surface area (Å²) in [7, 11) is 0. The molecule has 2 N–H and O–H groups in total. The summed E-state index contributed by atoms with van der Waals surface area (Å²) < 4.78 is 0. The minimum absolute atomic E-state index is 0.439. The molecule has 106 valence electrons. The van der Waals surface area contributed by atoms with Crippen LogP contribution < -0.4 is 5.32 Å². The third-order valence-electron chi connectivity index (χ3n) is 4.16. The zero-order chi connectivity index (χ0) is 13.8. The number of piperidine rings is 1. The van der Waals surface area contributed by atoms with Gasteiger partial charge in [0.05, 0.1) is 0 Å². The maximum Gasteiger partial charge on any atom is 0.122 e. The summed E-state index contributed by atoms with van der Waals surface area (Å²) >= 11 is 0. The number of aryl methyl sites for hydroxylation is 1. The molecule has 3 nitrogen and oxygen atoms in total. The molecule has 1 aromatic carbocycles. The van der Waals surface area contributed by atoms with Crippen LogP contribution >= 0.6 is 0 Å². The Morgan fingerprint density at radius 3 is 2.63 bits per heavy atom. The molecule has 0 spiro atoms. The van der Waals surface area contributed by atoms with E-state index in [2.05, 4.69) is 24.1 Å². The lowest BCUT2D eigenvalue weighted by molar-refractivity contribution is 0.160. The topological polar surface area (TPSA) is 35.5 Å². The number of nitrogens with zero attached hydrogens (tertiary/aromatic N) is 1. The number of para-hydroxylation sites is 1. The van der Waals surface area contributed by atoms with Crippen molar-refractivity contribution in [1.82, 2.24) is 10.2 Å². The van der Waals surface area contributed by atoms with E-state index in [1.54, 1.807) is 0 Å². The lowest BCUT2D eigenvalue weighted by atomic mass is 10.0. The van der Waals surface area contributed by atoms with Gasteiger partial charge in [-0.15, -0.1) is 0 Å². The van der Waals surface area contributed by atoms with Crippen LogP contribution in [-0.2, 0) is 6.54 Å². The van der Waals surface area contributed by atoms with Crippen LogP contribution in [0.4, 0.5) is 0 Å². The lowest BCUT2D eigenvalue weighted by Crippen LogP contribution is -2.44. The Kier molecular flexibility index (Phi) is 4.83. The fourth-order valence-corrected chi connectivity index (χ4v) is 2.74. The average molecular weight is 262 g/mol. The molecule has 0 atom stereocenters. The third-order valence-corrected chi connectivity index (χ3v) is 4.16. The van der Waals surface area contributed by atoms with Crippen LogP contribution in [0.5, 0.6) is 5.75 Å². The molecule has 0 radical (unpaired) electrons. The van der Waals surface area contributed by atoms with Gasteiger partial charge in [0.2, 0.25) is 0 Å². The van der Waals surface area contributed by atoms with Crippen LogP contribution in [0.3, 0.4) is 0 Å². The zero-order valence-corrected chi connectivity index (χ0v) is 12.3. The molecule has 1 fully saturated rings. The number of phenolic OH excluding ortho intramolecular Hbond substituents is 1. The van der Waals surface area contributed by atoms with Gasteiger partial charge < -0.3 is 15.3 Å². The van der Waals surface area contributed by atoms with Crippen LogP contribution in [0.1, 0.15) is 37.8 Å². The molecule has 19 heavy (non-hydrogen) atoms. The molecule has 1 aromatic rings. The molecule has 0 aliphatic carbocycles. The van der Waals surface area contributed by atoms with E-state index < -0.39 is 0 Å². The summed E-state index contributed by atoms with van der Waals surface area (Å²) in [4.78, 5) is 2.53. The minimum atomic E-state index is 0.439. The van der Waals surface area contributed by atoms with E-state index in [9.17, 15) is 5.11 Å². The molecule has 0 aromatic heterocycles. The molecule has 1 aliphatic rings. The van der Waals surface area contributed by atoms with Gasteiger partial charge >= 0.3 is 0 Å². The van der Waals surface area contributed by atoms with Gasteiger partial charge in [-0.1, -0.05) is 18.2 Å². The van der Waals surface area contributed by atoms with Gasteiger partial charge in [0.25, 0.3) is 0 Å². The van der Waals surface area contributed by atoms with Crippen LogP contribution in [-0.4, -0.2) is 35.2 Å². The third kappa shape index (κ3) is 3.71. The molecule has 1 heterocycles. The van der Waals surface area contributed by atoms with Crippen molar-refractivity contribution in [2.24, 2.45) is 0 Å². The van der Waals surface area contributed by atoms with Gasteiger partial charge in [-0.3, -0.25) is 0 Å². The Morgan fingerprint density at radius 2 is 2.00 bits per heavy atom. The first-order valence-corrected chi connectivity index (χ1v) is 7.33. The zero-order valence-electron chi connectivity index (χ0n) is 12.3. The van der Waals surface area contributed by atoms with Crippen molar-refractivity contribution < 1.29 is 5.11 Å². The van der Waals surface area contributed by atoms with Crippen molar-refractivity contribution in [3.63, 3.8) is 0 Å². The summed E-state index contributed by atoms with van der Waals surface area (Å²) in [6.45, 7) is 9.58. The first-order chi connectivity index (χ1) is 9.08. The van der Waals surface area contributed by atoms with Gasteiger partial charge in [0.1, 0.15) is 5.75 Å². The fourth-order valence-electron chi connectivity index (χ4n) is 2.74. The van der Waals surface area contributed by atoms with Crippen molar-refractivity contribution in [3.05, 3.63) is 29.3 Å². The molecule has 0 saturated carbocycles. The van der Waals surface area contributed by atoms with Crippen LogP contribution in [0, 0.1) is 6.92 Å². The lowest BCUT2D eigenvalue weighted by Gasteiger charge is -2.35. The van der Waals surface area contributed by atoms with Crippen LogP contribution in [0.15, 0.2) is 18.2 Å². The second kappa shape index (κ2) is 6.40. The summed E-state index contributed by atoms with van der Waals surface area (Å²) in [5, 5.41) is 13.6. The summed E-state index contributed by atoms with van der Waals surface area (Å²) in [5.41, 5.74) is 1.96. The number of rotatable bonds is 4. The van der Waals surface area contributed by atoms with Crippen molar-refractivity contribution in [3.8, 4) is 5.75 Å². The minimum Gasteiger partial charge on any atom is -0.507 e. The highest BCUT2D eigenvalue weighted by atomic mass is 16.3. The first-order valence-electron chi connectivity index (χ1n) is 7.33. The number of aromatic hydroxyl groups is 1. The standard InChI is InChI=1S/C16H26N2O/c1-12(2)18-9-7-15(8-10-18)17-11-14-6-4-5-13(3)16(14)19/h4-6,12,15,17,19H,7-11H2,1-3H3. The highest BCUT2D eigenvalue weighted by Crippen LogP contribution is 2.22. The Bertz CT molecular complexity index is 409. The number of likely N-dealkylation sites (tertiary alicyclic amines) is 1. The van der Waals surface area contributed by atoms with Gasteiger partial charge in [-0.25, -0.2) is 0 Å². The quantitative estimate of drug-likeness (QED) is 0.875. The molecule has 0 unspecified atom stereocenters. The van der Waals surface area contributed by atoms with E-state index in [0.717, 1.165) is 17.7 Å². The predicted octanol–water partition coefficient (Wildman–Crippen LogP) is 2.66. The molecule has 0 amide bonds. The SMILES string of the molecule is Cc1cccc(CNC2CCN(C(C)C)CC2)c1O. The highest BCUT2D eigenvalue weighted by molar-refractivity contribution is 5.39. The van der Waals surface area contributed by atoms with Crippen molar-refractivity contribution in [1.29, 1.82) is 0 Å². The number of nitrogens with one attached hydrogen (secondary N) is 1. The van der Waals surface area contributed by atoms with E-state index >= 15 is 0 Å². The average Bonchev–Trinajstić information content (AvgIpc) is 2.41. The summed E-state index contributed by atoms with van der Waals surface area (Å²) in [6.07, 6.45) is 2.40. The monoisotopic (exact) mass is 262 g/mol. The van der Waals surface area contributed by atoms with E-state index in [0.29, 0.717) is 17.8 Å². The van der Waals surface area contributed by atoms with Gasteiger partial charge in [-0.2, -0.15) is 0 Å². The molecule has 1 saturated heterocycles. The summed E-state index contributed by atoms with van der Waals surface area (Å²) in [5.74, 6) is 0.439. The Balaban J connectivity index is 1.82. The van der Waals surface area contributed by atoms with E-state index in [1.807, 2.05) is 25.1 Å². The molecule has 3 heteroatoms. The van der Waals surface area contributed by atoms with E-state index in [1.165, 1.54) is 25.9 Å². The Labute approximate surface area is 116 Å². The fraction of sp³-hybridized carbons (Fsp3) is 0.625. The normalized spacial score (nSPS) is 18.1. The number of hydrogen-bond donors (Lipinski definition) is 2. The van der Waals surface area contributed by atoms with Crippen molar-refractivity contribution >= 4 is 0 Å². The maximum absolute atomic E-state index is 9.99. The molecular weight excluding hydrogens is 236 g/mol. The van der Waals surface area contributed by atoms with Gasteiger partial charge in [0, 0.05) is 24.2 Å². The van der Waals surface area contributed by atoms with Crippen molar-refractivity contribution in [2.45, 2.75) is 52.2 Å². The second-order valence-electron chi connectivity index (χ2n) is 5.87. The molecule has 1 aliphatic heterocycles. The van der Waals surface area contributed by atoms with E-state index in [4.69, 9.17) is 0 Å². The molecule has 0 bridgehead atoms. The molecular formula is C16H26N2O. The number of phenols is 1. The van der Waals surface area contributed by atoms with Crippen LogP contribution in [0.2, 0.25) is 0 Å². The van der Waals surface area contributed by atoms with Crippen molar-refractivity contribution in [2.75, 3.05) is 13.1 Å². The Morgan fingerprint density at radius 1 is 1.32 bits per heavy atom. The second-order valence-corrected chi connectivity index (χ2v) is 5.87. The Hall–Kier alpha value is -1.06. The highest BCUT2D eigenvalue weighted by Gasteiger charge is 2.20. The first kappa shape index (κ1) is 14.4. The number of hydrogen-bond acceptors (Lipinski definition) is 3. The van der Waals surface area contributed by atoms with E-state index in [-0.39, 0.29) is 0 Å². The van der Waals surface area contributed by atoms with Gasteiger partial charge in [-0.05, 0) is 52.3 Å². The molecule has 2 rings (SSSR count). The largest absolute Gasteiger partial charge is 0.507 e.